The summed E-state index contributed by atoms with van der Waals surface area (Å²) in [5.41, 5.74) is -0.0968. The molecule has 4 nitrogen and oxygen atoms in total. The van der Waals surface area contributed by atoms with E-state index in [4.69, 9.17) is 6.42 Å². The van der Waals surface area contributed by atoms with Gasteiger partial charge in [-0.2, -0.15) is 0 Å². The van der Waals surface area contributed by atoms with E-state index in [1.165, 1.54) is 11.8 Å². The third-order valence-electron chi connectivity index (χ3n) is 1.36. The molecule has 0 amide bonds. The Bertz CT molecular complexity index is 318. The normalized spacial score (nSPS) is 11.2. The maximum Gasteiger partial charge on any atom is 0.210 e. The number of hydrogen-bond donors (Lipinski definition) is 0. The summed E-state index contributed by atoms with van der Waals surface area (Å²) < 4.78 is 1.77. The predicted octanol–water partition coefficient (Wildman–Crippen LogP) is 1.15. The van der Waals surface area contributed by atoms with Crippen molar-refractivity contribution in [3.8, 4) is 12.3 Å². The maximum atomic E-state index is 5.16. The Balaban J connectivity index is 2.85. The van der Waals surface area contributed by atoms with E-state index in [1.54, 1.807) is 4.68 Å². The highest BCUT2D eigenvalue weighted by molar-refractivity contribution is 7.99. The van der Waals surface area contributed by atoms with E-state index in [1.807, 2.05) is 20.8 Å². The van der Waals surface area contributed by atoms with Crippen LogP contribution in [0, 0.1) is 12.3 Å². The molecule has 0 radical (unpaired) electrons. The van der Waals surface area contributed by atoms with Crippen LogP contribution in [0.5, 0.6) is 0 Å². The zero-order valence-electron chi connectivity index (χ0n) is 7.98. The fraction of sp³-hybridized carbons (Fsp3) is 0.625. The number of tetrazole rings is 1. The predicted molar refractivity (Wildman–Crippen MR) is 52.4 cm³/mol. The van der Waals surface area contributed by atoms with Crippen molar-refractivity contribution in [3.63, 3.8) is 0 Å². The topological polar surface area (TPSA) is 43.6 Å². The van der Waals surface area contributed by atoms with E-state index in [0.29, 0.717) is 5.75 Å². The monoisotopic (exact) mass is 196 g/mol. The van der Waals surface area contributed by atoms with Gasteiger partial charge < -0.3 is 0 Å². The van der Waals surface area contributed by atoms with Gasteiger partial charge >= 0.3 is 0 Å². The molecule has 0 aliphatic heterocycles. The van der Waals surface area contributed by atoms with Crippen molar-refractivity contribution in [2.24, 2.45) is 0 Å². The molecule has 0 saturated heterocycles. The highest BCUT2D eigenvalue weighted by atomic mass is 32.2. The van der Waals surface area contributed by atoms with Gasteiger partial charge in [0.15, 0.2) is 0 Å². The molecule has 0 bridgehead atoms. The summed E-state index contributed by atoms with van der Waals surface area (Å²) in [6, 6.07) is 0. The van der Waals surface area contributed by atoms with Crippen molar-refractivity contribution in [1.29, 1.82) is 0 Å². The Morgan fingerprint density at radius 3 is 2.77 bits per heavy atom. The van der Waals surface area contributed by atoms with E-state index in [9.17, 15) is 0 Å². The average Bonchev–Trinajstić information content (AvgIpc) is 2.47. The van der Waals surface area contributed by atoms with E-state index >= 15 is 0 Å². The number of terminal acetylenes is 1. The maximum absolute atomic E-state index is 5.16. The van der Waals surface area contributed by atoms with E-state index in [-0.39, 0.29) is 5.54 Å². The van der Waals surface area contributed by atoms with Gasteiger partial charge in [-0.25, -0.2) is 4.68 Å². The Hall–Kier alpha value is -1.02. The van der Waals surface area contributed by atoms with Crippen LogP contribution in [0.4, 0.5) is 0 Å². The first-order valence-corrected chi connectivity index (χ1v) is 4.89. The van der Waals surface area contributed by atoms with Crippen molar-refractivity contribution in [2.45, 2.75) is 31.5 Å². The van der Waals surface area contributed by atoms with E-state index in [0.717, 1.165) is 5.16 Å². The molecule has 1 rings (SSSR count). The van der Waals surface area contributed by atoms with Gasteiger partial charge in [0.1, 0.15) is 0 Å². The molecule has 1 heterocycles. The van der Waals surface area contributed by atoms with Gasteiger partial charge in [0.2, 0.25) is 5.16 Å². The first-order chi connectivity index (χ1) is 6.05. The largest absolute Gasteiger partial charge is 0.215 e. The van der Waals surface area contributed by atoms with Crippen LogP contribution in [0.2, 0.25) is 0 Å². The summed E-state index contributed by atoms with van der Waals surface area (Å²) in [5, 5.41) is 12.2. The lowest BCUT2D eigenvalue weighted by molar-refractivity contribution is 0.321. The molecule has 5 heteroatoms. The van der Waals surface area contributed by atoms with Crippen LogP contribution in [-0.4, -0.2) is 26.0 Å². The van der Waals surface area contributed by atoms with E-state index < -0.39 is 0 Å². The van der Waals surface area contributed by atoms with Gasteiger partial charge in [-0.3, -0.25) is 0 Å². The van der Waals surface area contributed by atoms with Crippen molar-refractivity contribution in [1.82, 2.24) is 20.2 Å². The molecule has 0 atom stereocenters. The van der Waals surface area contributed by atoms with Crippen molar-refractivity contribution >= 4 is 11.8 Å². The molecule has 13 heavy (non-hydrogen) atoms. The SMILES string of the molecule is C#CCSc1nnnn1C(C)(C)C. The van der Waals surface area contributed by atoms with Crippen molar-refractivity contribution in [2.75, 3.05) is 5.75 Å². The van der Waals surface area contributed by atoms with Crippen LogP contribution in [0.15, 0.2) is 5.16 Å². The van der Waals surface area contributed by atoms with Gasteiger partial charge in [0.05, 0.1) is 11.3 Å². The van der Waals surface area contributed by atoms with Gasteiger partial charge in [-0.1, -0.05) is 17.7 Å². The summed E-state index contributed by atoms with van der Waals surface area (Å²) in [4.78, 5) is 0. The molecular weight excluding hydrogens is 184 g/mol. The quantitative estimate of drug-likeness (QED) is 0.526. The third kappa shape index (κ3) is 2.46. The van der Waals surface area contributed by atoms with Crippen LogP contribution in [0.3, 0.4) is 0 Å². The third-order valence-corrected chi connectivity index (χ3v) is 2.18. The molecular formula is C8H12N4S. The average molecular weight is 196 g/mol. The molecule has 0 unspecified atom stereocenters. The second kappa shape index (κ2) is 3.79. The van der Waals surface area contributed by atoms with Crippen LogP contribution in [-0.2, 0) is 5.54 Å². The molecule has 70 valence electrons. The van der Waals surface area contributed by atoms with E-state index in [2.05, 4.69) is 21.4 Å². The van der Waals surface area contributed by atoms with Gasteiger partial charge in [0, 0.05) is 0 Å². The highest BCUT2D eigenvalue weighted by Crippen LogP contribution is 2.20. The molecule has 0 aliphatic rings. The number of nitrogens with zero attached hydrogens (tertiary/aromatic N) is 4. The molecule has 0 fully saturated rings. The second-order valence-corrected chi connectivity index (χ2v) is 4.48. The molecule has 0 saturated carbocycles. The number of aromatic nitrogens is 4. The molecule has 0 spiro atoms. The summed E-state index contributed by atoms with van der Waals surface area (Å²) in [5.74, 6) is 3.13. The van der Waals surface area contributed by atoms with Crippen LogP contribution in [0.1, 0.15) is 20.8 Å². The Morgan fingerprint density at radius 1 is 1.54 bits per heavy atom. The molecule has 0 N–H and O–H groups in total. The Kier molecular flexibility index (Phi) is 2.94. The first-order valence-electron chi connectivity index (χ1n) is 3.91. The minimum Gasteiger partial charge on any atom is -0.215 e. The number of hydrogen-bond acceptors (Lipinski definition) is 4. The summed E-state index contributed by atoms with van der Waals surface area (Å²) >= 11 is 1.47. The smallest absolute Gasteiger partial charge is 0.210 e. The fourth-order valence-electron chi connectivity index (χ4n) is 0.796. The molecule has 0 aromatic carbocycles. The second-order valence-electron chi connectivity index (χ2n) is 3.54. The molecule has 1 aromatic heterocycles. The number of rotatable bonds is 2. The molecule has 0 aliphatic carbocycles. The van der Waals surface area contributed by atoms with Crippen molar-refractivity contribution < 1.29 is 0 Å². The zero-order valence-corrected chi connectivity index (χ0v) is 8.80. The summed E-state index contributed by atoms with van der Waals surface area (Å²) in [6.45, 7) is 6.13. The molecule has 1 aromatic rings. The summed E-state index contributed by atoms with van der Waals surface area (Å²) in [6.07, 6.45) is 5.16. The summed E-state index contributed by atoms with van der Waals surface area (Å²) in [7, 11) is 0. The van der Waals surface area contributed by atoms with Gasteiger partial charge in [-0.15, -0.1) is 11.5 Å². The Labute approximate surface area is 82.1 Å². The van der Waals surface area contributed by atoms with Gasteiger partial charge in [0.25, 0.3) is 0 Å². The minimum atomic E-state index is -0.0968. The lowest BCUT2D eigenvalue weighted by Crippen LogP contribution is -2.24. The highest BCUT2D eigenvalue weighted by Gasteiger charge is 2.19. The zero-order chi connectivity index (χ0) is 9.90. The number of thioether (sulfide) groups is 1. The van der Waals surface area contributed by atoms with Gasteiger partial charge in [-0.05, 0) is 31.2 Å². The minimum absolute atomic E-state index is 0.0968. The lowest BCUT2D eigenvalue weighted by atomic mass is 10.1. The van der Waals surface area contributed by atoms with Crippen molar-refractivity contribution in [3.05, 3.63) is 0 Å². The first kappa shape index (κ1) is 10.1. The fourth-order valence-corrected chi connectivity index (χ4v) is 1.54. The van der Waals surface area contributed by atoms with Crippen LogP contribution in [0.25, 0.3) is 0 Å². The van der Waals surface area contributed by atoms with Crippen LogP contribution < -0.4 is 0 Å². The standard InChI is InChI=1S/C8H12N4S/c1-5-6-13-7-9-10-11-12(7)8(2,3)4/h1H,6H2,2-4H3. The Morgan fingerprint density at radius 2 is 2.23 bits per heavy atom. The van der Waals surface area contributed by atoms with Crippen LogP contribution >= 0.6 is 11.8 Å². The lowest BCUT2D eigenvalue weighted by Gasteiger charge is -2.18.